The molecular formula is C21H27O3P. The molecule has 2 heterocycles. The van der Waals surface area contributed by atoms with E-state index < -0.39 is 18.5 Å². The van der Waals surface area contributed by atoms with Crippen molar-refractivity contribution in [2.24, 2.45) is 0 Å². The molecule has 0 bridgehead atoms. The van der Waals surface area contributed by atoms with E-state index in [0.29, 0.717) is 0 Å². The van der Waals surface area contributed by atoms with E-state index in [1.165, 1.54) is 11.1 Å². The van der Waals surface area contributed by atoms with Crippen LogP contribution in [-0.4, -0.2) is 7.11 Å². The molecule has 0 aromatic heterocycles. The molecule has 1 spiro atoms. The quantitative estimate of drug-likeness (QED) is 0.690. The molecule has 2 aliphatic heterocycles. The summed E-state index contributed by atoms with van der Waals surface area (Å²) in [7, 11) is -1.93. The molecular weight excluding hydrogens is 331 g/mol. The maximum absolute atomic E-state index is 6.85. The summed E-state index contributed by atoms with van der Waals surface area (Å²) in [6, 6.07) is 13.0. The Kier molecular flexibility index (Phi) is 3.24. The minimum atomic E-state index is -3.66. The molecule has 0 fully saturated rings. The van der Waals surface area contributed by atoms with Crippen LogP contribution in [-0.2, 0) is 24.8 Å². The second-order valence-corrected chi connectivity index (χ2v) is 11.8. The van der Waals surface area contributed by atoms with Crippen LogP contribution in [0.3, 0.4) is 0 Å². The van der Waals surface area contributed by atoms with Crippen LogP contribution < -0.4 is 10.6 Å². The van der Waals surface area contributed by atoms with Crippen LogP contribution >= 0.6 is 7.28 Å². The van der Waals surface area contributed by atoms with Gasteiger partial charge in [0.05, 0.1) is 0 Å². The normalized spacial score (nSPS) is 25.2. The third kappa shape index (κ3) is 1.96. The molecule has 25 heavy (non-hydrogen) atoms. The number of aryl methyl sites for hydroxylation is 2. The van der Waals surface area contributed by atoms with E-state index >= 15 is 0 Å². The molecule has 0 atom stereocenters. The molecule has 2 aromatic rings. The molecule has 0 saturated carbocycles. The van der Waals surface area contributed by atoms with Crippen molar-refractivity contribution in [3.05, 3.63) is 58.7 Å². The Hall–Kier alpha value is -1.25. The predicted octanol–water partition coefficient (Wildman–Crippen LogP) is 4.73. The van der Waals surface area contributed by atoms with E-state index in [1.807, 2.05) is 0 Å². The first kappa shape index (κ1) is 17.2. The van der Waals surface area contributed by atoms with Crippen LogP contribution in [0, 0.1) is 13.8 Å². The van der Waals surface area contributed by atoms with Gasteiger partial charge >= 0.3 is 150 Å². The molecule has 0 amide bonds. The van der Waals surface area contributed by atoms with E-state index in [2.05, 4.69) is 77.9 Å². The zero-order chi connectivity index (χ0) is 18.3. The Labute approximate surface area is 150 Å². The molecule has 3 nitrogen and oxygen atoms in total. The standard InChI is InChI=1S/C21H27O3P/c1-14-8-10-18-16(12-14)20(3,4)23-25(18,22-7)19-11-9-15(2)13-17(19)21(5,6)24-25/h8-13H,1-7H3. The number of hydrogen-bond acceptors (Lipinski definition) is 3. The van der Waals surface area contributed by atoms with Gasteiger partial charge in [-0.3, -0.25) is 0 Å². The number of benzene rings is 2. The molecule has 4 rings (SSSR count). The van der Waals surface area contributed by atoms with Gasteiger partial charge in [-0.2, -0.15) is 0 Å². The van der Waals surface area contributed by atoms with Gasteiger partial charge in [-0.05, 0) is 0 Å². The molecule has 4 heteroatoms. The molecule has 2 aliphatic rings. The summed E-state index contributed by atoms with van der Waals surface area (Å²) in [5.41, 5.74) is 3.81. The fourth-order valence-electron chi connectivity index (χ4n) is 4.48. The van der Waals surface area contributed by atoms with Gasteiger partial charge in [0.15, 0.2) is 0 Å². The third-order valence-electron chi connectivity index (χ3n) is 5.55. The maximum atomic E-state index is 6.85. The van der Waals surface area contributed by atoms with Gasteiger partial charge in [0.2, 0.25) is 0 Å². The summed E-state index contributed by atoms with van der Waals surface area (Å²) in [5, 5.41) is 2.14. The van der Waals surface area contributed by atoms with Gasteiger partial charge in [-0.1, -0.05) is 0 Å². The van der Waals surface area contributed by atoms with Crippen LogP contribution in [0.5, 0.6) is 0 Å². The first-order valence-electron chi connectivity index (χ1n) is 8.79. The Morgan fingerprint density at radius 3 is 1.52 bits per heavy atom. The van der Waals surface area contributed by atoms with Crippen molar-refractivity contribution in [3.63, 3.8) is 0 Å². The predicted molar refractivity (Wildman–Crippen MR) is 104 cm³/mol. The van der Waals surface area contributed by atoms with Gasteiger partial charge in [0.25, 0.3) is 0 Å². The second-order valence-electron chi connectivity index (χ2n) is 8.31. The Bertz CT molecular complexity index is 827. The summed E-state index contributed by atoms with van der Waals surface area (Å²) < 4.78 is 20.0. The van der Waals surface area contributed by atoms with Gasteiger partial charge in [-0.25, -0.2) is 0 Å². The molecule has 134 valence electrons. The van der Waals surface area contributed by atoms with Gasteiger partial charge < -0.3 is 0 Å². The van der Waals surface area contributed by atoms with E-state index in [0.717, 1.165) is 21.7 Å². The van der Waals surface area contributed by atoms with Crippen LogP contribution in [0.15, 0.2) is 36.4 Å². The molecule has 0 saturated heterocycles. The second kappa shape index (κ2) is 4.72. The number of hydrogen-bond donors (Lipinski definition) is 0. The first-order chi connectivity index (χ1) is 11.5. The summed E-state index contributed by atoms with van der Waals surface area (Å²) in [6.07, 6.45) is 0. The van der Waals surface area contributed by atoms with E-state index in [4.69, 9.17) is 13.6 Å². The Morgan fingerprint density at radius 1 is 0.760 bits per heavy atom. The first-order valence-corrected chi connectivity index (χ1v) is 10.8. The monoisotopic (exact) mass is 358 g/mol. The summed E-state index contributed by atoms with van der Waals surface area (Å²) >= 11 is 0. The average molecular weight is 358 g/mol. The Morgan fingerprint density at radius 2 is 1.16 bits per heavy atom. The van der Waals surface area contributed by atoms with E-state index in [-0.39, 0.29) is 0 Å². The fraction of sp³-hybridized carbons (Fsp3) is 0.429. The fourth-order valence-corrected chi connectivity index (χ4v) is 9.73. The average Bonchev–Trinajstić information content (AvgIpc) is 2.84. The summed E-state index contributed by atoms with van der Waals surface area (Å²) in [4.78, 5) is 0. The molecule has 2 aromatic carbocycles. The van der Waals surface area contributed by atoms with E-state index in [9.17, 15) is 0 Å². The molecule has 0 N–H and O–H groups in total. The zero-order valence-electron chi connectivity index (χ0n) is 16.1. The van der Waals surface area contributed by atoms with Crippen LogP contribution in [0.2, 0.25) is 0 Å². The Balaban J connectivity index is 2.15. The summed E-state index contributed by atoms with van der Waals surface area (Å²) in [5.74, 6) is 0. The van der Waals surface area contributed by atoms with Crippen molar-refractivity contribution in [2.75, 3.05) is 7.11 Å². The van der Waals surface area contributed by atoms with Crippen molar-refractivity contribution < 1.29 is 13.6 Å². The summed E-state index contributed by atoms with van der Waals surface area (Å²) in [6.45, 7) is 12.6. The van der Waals surface area contributed by atoms with E-state index in [1.54, 1.807) is 7.11 Å². The third-order valence-corrected chi connectivity index (χ3v) is 10.2. The van der Waals surface area contributed by atoms with Crippen molar-refractivity contribution in [1.82, 2.24) is 0 Å². The van der Waals surface area contributed by atoms with Crippen LogP contribution in [0.25, 0.3) is 0 Å². The van der Waals surface area contributed by atoms with Gasteiger partial charge in [-0.15, -0.1) is 0 Å². The topological polar surface area (TPSA) is 27.7 Å². The molecule has 0 unspecified atom stereocenters. The van der Waals surface area contributed by atoms with Crippen molar-refractivity contribution in [1.29, 1.82) is 0 Å². The zero-order valence-corrected chi connectivity index (χ0v) is 17.0. The number of rotatable bonds is 1. The van der Waals surface area contributed by atoms with Crippen LogP contribution in [0.1, 0.15) is 49.9 Å². The SMILES string of the molecule is COP12(OC(C)(C)c3cc(C)ccc31)OC(C)(C)c1cc(C)ccc12. The molecule has 0 radical (unpaired) electrons. The van der Waals surface area contributed by atoms with Crippen molar-refractivity contribution >= 4 is 17.9 Å². The van der Waals surface area contributed by atoms with Crippen molar-refractivity contribution in [3.8, 4) is 0 Å². The van der Waals surface area contributed by atoms with Gasteiger partial charge in [0.1, 0.15) is 0 Å². The number of fused-ring (bicyclic) bond motifs is 4. The molecule has 0 aliphatic carbocycles. The van der Waals surface area contributed by atoms with Gasteiger partial charge in [0, 0.05) is 0 Å². The minimum absolute atomic E-state index is 0.474. The van der Waals surface area contributed by atoms with Crippen LogP contribution in [0.4, 0.5) is 0 Å². The van der Waals surface area contributed by atoms with Crippen molar-refractivity contribution in [2.45, 2.75) is 52.7 Å².